The first-order valence-corrected chi connectivity index (χ1v) is 7.54. The average Bonchev–Trinajstić information content (AvgIpc) is 2.72. The predicted octanol–water partition coefficient (Wildman–Crippen LogP) is 1.79. The van der Waals surface area contributed by atoms with Gasteiger partial charge >= 0.3 is 0 Å². The Morgan fingerprint density at radius 3 is 3.00 bits per heavy atom. The summed E-state index contributed by atoms with van der Waals surface area (Å²) in [5.74, 6) is 0.0132. The lowest BCUT2D eigenvalue weighted by Gasteiger charge is -2.29. The number of pyridine rings is 1. The summed E-state index contributed by atoms with van der Waals surface area (Å²) in [7, 11) is 2.12. The minimum Gasteiger partial charge on any atom is -0.349 e. The number of nitrogens with zero attached hydrogens (tertiary/aromatic N) is 2. The van der Waals surface area contributed by atoms with Crippen molar-refractivity contribution >= 4 is 12.0 Å². The molecule has 0 radical (unpaired) electrons. The van der Waals surface area contributed by atoms with Crippen molar-refractivity contribution < 1.29 is 4.79 Å². The van der Waals surface area contributed by atoms with E-state index in [-0.39, 0.29) is 11.9 Å². The van der Waals surface area contributed by atoms with Gasteiger partial charge in [-0.2, -0.15) is 0 Å². The average molecular weight is 283 g/mol. The number of aromatic nitrogens is 1. The van der Waals surface area contributed by atoms with Gasteiger partial charge < -0.3 is 10.2 Å². The maximum atomic E-state index is 12.4. The second-order valence-electron chi connectivity index (χ2n) is 5.80. The molecule has 1 N–H and O–H groups in total. The first-order valence-electron chi connectivity index (χ1n) is 7.54. The van der Waals surface area contributed by atoms with Crippen LogP contribution in [0.25, 0.3) is 6.08 Å². The number of piperidine rings is 1. The van der Waals surface area contributed by atoms with Gasteiger partial charge in [-0.05, 0) is 57.1 Å². The van der Waals surface area contributed by atoms with Crippen LogP contribution in [0.3, 0.4) is 0 Å². The molecule has 1 aliphatic carbocycles. The van der Waals surface area contributed by atoms with Gasteiger partial charge in [0.15, 0.2) is 0 Å². The molecule has 0 unspecified atom stereocenters. The van der Waals surface area contributed by atoms with Crippen LogP contribution in [0, 0.1) is 0 Å². The molecule has 1 aromatic rings. The molecule has 0 aromatic carbocycles. The maximum Gasteiger partial charge on any atom is 0.251 e. The van der Waals surface area contributed by atoms with Gasteiger partial charge in [0.05, 0.1) is 5.69 Å². The summed E-state index contributed by atoms with van der Waals surface area (Å²) < 4.78 is 0. The molecule has 1 aromatic heterocycles. The first-order chi connectivity index (χ1) is 10.2. The molecule has 3 rings (SSSR count). The number of carbonyl (C=O) groups excluding carboxylic acids is 1. The Labute approximate surface area is 125 Å². The Kier molecular flexibility index (Phi) is 4.15. The number of carbonyl (C=O) groups is 1. The van der Waals surface area contributed by atoms with Crippen LogP contribution in [0.15, 0.2) is 36.1 Å². The van der Waals surface area contributed by atoms with E-state index in [9.17, 15) is 4.79 Å². The summed E-state index contributed by atoms with van der Waals surface area (Å²) in [6.45, 7) is 2.09. The molecule has 4 nitrogen and oxygen atoms in total. The van der Waals surface area contributed by atoms with Gasteiger partial charge in [-0.3, -0.25) is 9.78 Å². The van der Waals surface area contributed by atoms with Crippen molar-refractivity contribution in [2.45, 2.75) is 25.3 Å². The number of hydrogen-bond donors (Lipinski definition) is 1. The third-order valence-corrected chi connectivity index (χ3v) is 4.17. The topological polar surface area (TPSA) is 45.2 Å². The molecule has 0 atom stereocenters. The third-order valence-electron chi connectivity index (χ3n) is 4.17. The molecule has 0 bridgehead atoms. The zero-order valence-corrected chi connectivity index (χ0v) is 12.4. The molecule has 1 fully saturated rings. The lowest BCUT2D eigenvalue weighted by atomic mass is 10.0. The van der Waals surface area contributed by atoms with Crippen molar-refractivity contribution in [3.05, 3.63) is 47.3 Å². The molecular weight excluding hydrogens is 262 g/mol. The van der Waals surface area contributed by atoms with Crippen LogP contribution in [-0.2, 0) is 11.2 Å². The van der Waals surface area contributed by atoms with Gasteiger partial charge in [-0.25, -0.2) is 0 Å². The Bertz CT molecular complexity index is 583. The van der Waals surface area contributed by atoms with E-state index in [0.29, 0.717) is 5.57 Å². The van der Waals surface area contributed by atoms with Gasteiger partial charge in [-0.1, -0.05) is 18.2 Å². The molecule has 2 heterocycles. The minimum absolute atomic E-state index is 0.0132. The van der Waals surface area contributed by atoms with E-state index in [1.54, 1.807) is 6.20 Å². The summed E-state index contributed by atoms with van der Waals surface area (Å²) >= 11 is 0. The predicted molar refractivity (Wildman–Crippen MR) is 83.7 cm³/mol. The number of fused-ring (bicyclic) bond motifs is 1. The molecule has 21 heavy (non-hydrogen) atoms. The van der Waals surface area contributed by atoms with Gasteiger partial charge in [0.2, 0.25) is 0 Å². The Hall–Kier alpha value is -1.94. The molecule has 1 saturated heterocycles. The van der Waals surface area contributed by atoms with E-state index >= 15 is 0 Å². The van der Waals surface area contributed by atoms with E-state index in [0.717, 1.165) is 43.6 Å². The Balaban J connectivity index is 1.71. The highest BCUT2D eigenvalue weighted by molar-refractivity contribution is 6.01. The number of allylic oxidation sites excluding steroid dienone is 1. The number of likely N-dealkylation sites (tertiary alicyclic amines) is 1. The van der Waals surface area contributed by atoms with Crippen molar-refractivity contribution in [3.63, 3.8) is 0 Å². The Morgan fingerprint density at radius 2 is 2.19 bits per heavy atom. The summed E-state index contributed by atoms with van der Waals surface area (Å²) in [6.07, 6.45) is 10.5. The molecule has 2 aliphatic rings. The molecule has 0 saturated carbocycles. The van der Waals surface area contributed by atoms with Gasteiger partial charge in [0.1, 0.15) is 0 Å². The van der Waals surface area contributed by atoms with Crippen LogP contribution in [-0.4, -0.2) is 42.0 Å². The first kappa shape index (κ1) is 14.0. The summed E-state index contributed by atoms with van der Waals surface area (Å²) in [4.78, 5) is 19.1. The minimum atomic E-state index is 0.0132. The fourth-order valence-corrected chi connectivity index (χ4v) is 2.82. The largest absolute Gasteiger partial charge is 0.349 e. The molecule has 110 valence electrons. The van der Waals surface area contributed by atoms with Crippen LogP contribution in [0.1, 0.15) is 24.1 Å². The zero-order valence-electron chi connectivity index (χ0n) is 12.4. The third kappa shape index (κ3) is 3.39. The van der Waals surface area contributed by atoms with Crippen molar-refractivity contribution in [1.82, 2.24) is 15.2 Å². The fraction of sp³-hybridized carbons (Fsp3) is 0.412. The van der Waals surface area contributed by atoms with Gasteiger partial charge in [0.25, 0.3) is 5.91 Å². The summed E-state index contributed by atoms with van der Waals surface area (Å²) in [5, 5.41) is 3.15. The maximum absolute atomic E-state index is 12.4. The van der Waals surface area contributed by atoms with Crippen LogP contribution >= 0.6 is 0 Å². The number of nitrogens with one attached hydrogen (secondary N) is 1. The fourth-order valence-electron chi connectivity index (χ4n) is 2.82. The van der Waals surface area contributed by atoms with Crippen LogP contribution in [0.2, 0.25) is 0 Å². The van der Waals surface area contributed by atoms with Gasteiger partial charge in [0, 0.05) is 17.8 Å². The summed E-state index contributed by atoms with van der Waals surface area (Å²) in [6, 6.07) is 4.28. The van der Waals surface area contributed by atoms with E-state index in [1.807, 2.05) is 24.3 Å². The lowest BCUT2D eigenvalue weighted by Crippen LogP contribution is -2.43. The highest BCUT2D eigenvalue weighted by atomic mass is 16.1. The van der Waals surface area contributed by atoms with E-state index in [2.05, 4.69) is 28.3 Å². The van der Waals surface area contributed by atoms with Gasteiger partial charge in [-0.15, -0.1) is 0 Å². The van der Waals surface area contributed by atoms with Crippen LogP contribution in [0.5, 0.6) is 0 Å². The van der Waals surface area contributed by atoms with Crippen LogP contribution < -0.4 is 5.32 Å². The molecule has 1 amide bonds. The van der Waals surface area contributed by atoms with Crippen LogP contribution in [0.4, 0.5) is 0 Å². The van der Waals surface area contributed by atoms with E-state index in [1.165, 1.54) is 0 Å². The second kappa shape index (κ2) is 6.22. The highest BCUT2D eigenvalue weighted by Crippen LogP contribution is 2.17. The van der Waals surface area contributed by atoms with Crippen molar-refractivity contribution in [1.29, 1.82) is 0 Å². The standard InChI is InChI=1S/C17H21N3O/c1-20-10-7-15(8-11-20)19-17(21)14-5-2-4-13-6-3-9-18-16(13)12-14/h2-3,5-6,9,12,15H,4,7-8,10-11H2,1H3,(H,19,21). The quantitative estimate of drug-likeness (QED) is 0.900. The molecular formula is C17H21N3O. The second-order valence-corrected chi connectivity index (χ2v) is 5.80. The van der Waals surface area contributed by atoms with Crippen molar-refractivity contribution in [3.8, 4) is 0 Å². The normalized spacial score (nSPS) is 19.6. The Morgan fingerprint density at radius 1 is 1.38 bits per heavy atom. The number of amides is 1. The molecule has 0 spiro atoms. The molecule has 4 heteroatoms. The van der Waals surface area contributed by atoms with Crippen molar-refractivity contribution in [2.24, 2.45) is 0 Å². The lowest BCUT2D eigenvalue weighted by molar-refractivity contribution is -0.118. The zero-order chi connectivity index (χ0) is 14.7. The SMILES string of the molecule is CN1CCC(NC(=O)C2=Cc3ncccc3CC=C2)CC1. The smallest absolute Gasteiger partial charge is 0.251 e. The summed E-state index contributed by atoms with van der Waals surface area (Å²) in [5.41, 5.74) is 2.76. The number of hydrogen-bond acceptors (Lipinski definition) is 3. The van der Waals surface area contributed by atoms with E-state index < -0.39 is 0 Å². The van der Waals surface area contributed by atoms with E-state index in [4.69, 9.17) is 0 Å². The monoisotopic (exact) mass is 283 g/mol. The number of rotatable bonds is 2. The highest BCUT2D eigenvalue weighted by Gasteiger charge is 2.20. The molecule has 1 aliphatic heterocycles. The van der Waals surface area contributed by atoms with Crippen molar-refractivity contribution in [2.75, 3.05) is 20.1 Å².